The van der Waals surface area contributed by atoms with Crippen LogP contribution in [0.25, 0.3) is 0 Å². The van der Waals surface area contributed by atoms with E-state index in [1.807, 2.05) is 38.1 Å². The van der Waals surface area contributed by atoms with Gasteiger partial charge >= 0.3 is 0 Å². The van der Waals surface area contributed by atoms with Crippen molar-refractivity contribution in [1.82, 2.24) is 0 Å². The maximum Gasteiger partial charge on any atom is 0.123 e. The normalized spacial score (nSPS) is 10.5. The Morgan fingerprint density at radius 2 is 1.82 bits per heavy atom. The van der Waals surface area contributed by atoms with E-state index < -0.39 is 0 Å². The Morgan fingerprint density at radius 3 is 2.53 bits per heavy atom. The predicted molar refractivity (Wildman–Crippen MR) is 70.3 cm³/mol. The van der Waals surface area contributed by atoms with E-state index in [1.165, 1.54) is 5.56 Å². The van der Waals surface area contributed by atoms with Gasteiger partial charge in [-0.15, -0.1) is 0 Å². The quantitative estimate of drug-likeness (QED) is 0.767. The van der Waals surface area contributed by atoms with Crippen LogP contribution in [-0.4, -0.2) is 6.10 Å². The third-order valence-corrected chi connectivity index (χ3v) is 2.49. The maximum atomic E-state index is 5.79. The van der Waals surface area contributed by atoms with Gasteiger partial charge in [0, 0.05) is 12.0 Å². The van der Waals surface area contributed by atoms with Crippen molar-refractivity contribution in [1.29, 1.82) is 0 Å². The first-order chi connectivity index (χ1) is 8.25. The smallest absolute Gasteiger partial charge is 0.123 e. The van der Waals surface area contributed by atoms with Crippen LogP contribution in [0.5, 0.6) is 5.75 Å². The van der Waals surface area contributed by atoms with Gasteiger partial charge in [0.2, 0.25) is 0 Å². The van der Waals surface area contributed by atoms with E-state index >= 15 is 0 Å². The van der Waals surface area contributed by atoms with Crippen molar-refractivity contribution in [3.63, 3.8) is 0 Å². The molecule has 2 aromatic carbocycles. The zero-order valence-corrected chi connectivity index (χ0v) is 10.3. The van der Waals surface area contributed by atoms with Crippen LogP contribution in [0.3, 0.4) is 0 Å². The largest absolute Gasteiger partial charge is 0.491 e. The summed E-state index contributed by atoms with van der Waals surface area (Å²) in [7, 11) is 0. The van der Waals surface area contributed by atoms with Gasteiger partial charge in [-0.1, -0.05) is 42.5 Å². The highest BCUT2D eigenvalue weighted by Gasteiger charge is 2.05. The summed E-state index contributed by atoms with van der Waals surface area (Å²) in [4.78, 5) is 0. The molecule has 1 heteroatoms. The number of hydrogen-bond acceptors (Lipinski definition) is 1. The molecule has 0 aromatic heterocycles. The van der Waals surface area contributed by atoms with Crippen molar-refractivity contribution < 1.29 is 4.74 Å². The highest BCUT2D eigenvalue weighted by Crippen LogP contribution is 2.21. The zero-order chi connectivity index (χ0) is 12.1. The summed E-state index contributed by atoms with van der Waals surface area (Å²) in [5.74, 6) is 0.936. The van der Waals surface area contributed by atoms with Crippen LogP contribution in [-0.2, 0) is 6.42 Å². The molecular formula is C16H17O. The topological polar surface area (TPSA) is 9.23 Å². The first-order valence-corrected chi connectivity index (χ1v) is 5.96. The number of benzene rings is 2. The molecule has 0 bridgehead atoms. The Hall–Kier alpha value is -1.76. The molecule has 2 aromatic rings. The highest BCUT2D eigenvalue weighted by atomic mass is 16.5. The van der Waals surface area contributed by atoms with Gasteiger partial charge in [0.25, 0.3) is 0 Å². The molecule has 0 spiro atoms. The molecule has 0 amide bonds. The lowest BCUT2D eigenvalue weighted by Gasteiger charge is -2.13. The lowest BCUT2D eigenvalue weighted by molar-refractivity contribution is 0.240. The molecule has 0 aliphatic heterocycles. The van der Waals surface area contributed by atoms with Crippen molar-refractivity contribution in [3.05, 3.63) is 65.7 Å². The first kappa shape index (κ1) is 11.7. The summed E-state index contributed by atoms with van der Waals surface area (Å²) in [6, 6.07) is 19.6. The predicted octanol–water partition coefficient (Wildman–Crippen LogP) is 3.86. The van der Waals surface area contributed by atoms with Gasteiger partial charge in [-0.25, -0.2) is 0 Å². The van der Waals surface area contributed by atoms with Crippen molar-refractivity contribution in [2.75, 3.05) is 0 Å². The molecule has 1 radical (unpaired) electrons. The minimum absolute atomic E-state index is 0.195. The van der Waals surface area contributed by atoms with E-state index in [0.717, 1.165) is 17.7 Å². The van der Waals surface area contributed by atoms with E-state index in [9.17, 15) is 0 Å². The summed E-state index contributed by atoms with van der Waals surface area (Å²) >= 11 is 0. The Morgan fingerprint density at radius 1 is 1.06 bits per heavy atom. The molecule has 0 unspecified atom stereocenters. The molecule has 1 nitrogen and oxygen atoms in total. The van der Waals surface area contributed by atoms with Gasteiger partial charge in [0.1, 0.15) is 5.75 Å². The van der Waals surface area contributed by atoms with Gasteiger partial charge in [-0.2, -0.15) is 0 Å². The highest BCUT2D eigenvalue weighted by molar-refractivity contribution is 5.36. The zero-order valence-electron chi connectivity index (χ0n) is 10.3. The summed E-state index contributed by atoms with van der Waals surface area (Å²) in [5.41, 5.74) is 2.40. The van der Waals surface area contributed by atoms with Crippen LogP contribution in [0.15, 0.2) is 48.5 Å². The van der Waals surface area contributed by atoms with Crippen LogP contribution in [0.2, 0.25) is 0 Å². The molecule has 0 fully saturated rings. The van der Waals surface area contributed by atoms with E-state index in [1.54, 1.807) is 0 Å². The van der Waals surface area contributed by atoms with Crippen molar-refractivity contribution in [2.45, 2.75) is 26.4 Å². The van der Waals surface area contributed by atoms with Gasteiger partial charge in [-0.05, 0) is 31.5 Å². The lowest BCUT2D eigenvalue weighted by Crippen LogP contribution is -2.07. The van der Waals surface area contributed by atoms with Crippen LogP contribution >= 0.6 is 0 Å². The van der Waals surface area contributed by atoms with Gasteiger partial charge in [0.15, 0.2) is 0 Å². The Kier molecular flexibility index (Phi) is 3.81. The van der Waals surface area contributed by atoms with Crippen molar-refractivity contribution >= 4 is 0 Å². The Balaban J connectivity index is 2.20. The van der Waals surface area contributed by atoms with Crippen molar-refractivity contribution in [2.24, 2.45) is 0 Å². The second kappa shape index (κ2) is 5.53. The molecule has 0 aliphatic carbocycles. The molecule has 0 heterocycles. The minimum Gasteiger partial charge on any atom is -0.491 e. The fourth-order valence-corrected chi connectivity index (χ4v) is 1.76. The average Bonchev–Trinajstić information content (AvgIpc) is 2.32. The molecular weight excluding hydrogens is 208 g/mol. The van der Waals surface area contributed by atoms with E-state index in [-0.39, 0.29) is 6.10 Å². The number of hydrogen-bond donors (Lipinski definition) is 0. The maximum absolute atomic E-state index is 5.79. The summed E-state index contributed by atoms with van der Waals surface area (Å²) in [5, 5.41) is 0. The van der Waals surface area contributed by atoms with Crippen LogP contribution in [0.4, 0.5) is 0 Å². The second-order valence-corrected chi connectivity index (χ2v) is 4.34. The summed E-state index contributed by atoms with van der Waals surface area (Å²) in [6.45, 7) is 4.08. The number of ether oxygens (including phenoxy) is 1. The average molecular weight is 225 g/mol. The third kappa shape index (κ3) is 3.35. The minimum atomic E-state index is 0.195. The molecule has 0 saturated carbocycles. The van der Waals surface area contributed by atoms with Crippen LogP contribution in [0.1, 0.15) is 25.0 Å². The third-order valence-electron chi connectivity index (χ3n) is 2.49. The Bertz CT molecular complexity index is 460. The summed E-state index contributed by atoms with van der Waals surface area (Å²) < 4.78 is 5.79. The van der Waals surface area contributed by atoms with Crippen molar-refractivity contribution in [3.8, 4) is 5.75 Å². The molecule has 0 atom stereocenters. The van der Waals surface area contributed by atoms with Gasteiger partial charge in [-0.3, -0.25) is 0 Å². The van der Waals surface area contributed by atoms with E-state index in [0.29, 0.717) is 0 Å². The lowest BCUT2D eigenvalue weighted by atomic mass is 10.0. The second-order valence-electron chi connectivity index (χ2n) is 4.34. The molecule has 2 rings (SSSR count). The van der Waals surface area contributed by atoms with Gasteiger partial charge < -0.3 is 4.74 Å². The van der Waals surface area contributed by atoms with Crippen LogP contribution in [0, 0.1) is 6.07 Å². The van der Waals surface area contributed by atoms with E-state index in [2.05, 4.69) is 30.3 Å². The fourth-order valence-electron chi connectivity index (χ4n) is 1.76. The van der Waals surface area contributed by atoms with Crippen LogP contribution < -0.4 is 4.74 Å². The van der Waals surface area contributed by atoms with Gasteiger partial charge in [0.05, 0.1) is 6.10 Å². The molecule has 0 aliphatic rings. The molecule has 0 saturated heterocycles. The summed E-state index contributed by atoms with van der Waals surface area (Å²) in [6.07, 6.45) is 1.06. The first-order valence-electron chi connectivity index (χ1n) is 5.96. The fraction of sp³-hybridized carbons (Fsp3) is 0.250. The molecule has 17 heavy (non-hydrogen) atoms. The van der Waals surface area contributed by atoms with E-state index in [4.69, 9.17) is 4.74 Å². The SMILES string of the molecule is CC(C)Oc1ccc[c]c1Cc1ccccc1. The molecule has 0 N–H and O–H groups in total. The Labute approximate surface area is 103 Å². The molecule has 87 valence electrons. The number of rotatable bonds is 4. The standard InChI is InChI=1S/C16H17O/c1-13(2)17-16-11-7-6-10-15(16)12-14-8-4-3-5-9-14/h3-9,11,13H,12H2,1-2H3. The monoisotopic (exact) mass is 225 g/mol.